The van der Waals surface area contributed by atoms with Gasteiger partial charge >= 0.3 is 5.97 Å². The normalized spacial score (nSPS) is 16.2. The minimum absolute atomic E-state index is 0.128. The molecule has 116 valence electrons. The van der Waals surface area contributed by atoms with Gasteiger partial charge in [0.25, 0.3) is 0 Å². The van der Waals surface area contributed by atoms with Crippen LogP contribution in [-0.4, -0.2) is 37.1 Å². The van der Waals surface area contributed by atoms with E-state index >= 15 is 0 Å². The third-order valence-electron chi connectivity index (χ3n) is 4.16. The number of hydrogen-bond acceptors (Lipinski definition) is 3. The number of hydrogen-bond donors (Lipinski definition) is 0. The van der Waals surface area contributed by atoms with Gasteiger partial charge in [-0.25, -0.2) is 0 Å². The van der Waals surface area contributed by atoms with E-state index in [0.29, 0.717) is 12.0 Å². The molecule has 21 heavy (non-hydrogen) atoms. The summed E-state index contributed by atoms with van der Waals surface area (Å²) in [6.07, 6.45) is 3.71. The molecule has 3 heteroatoms. The van der Waals surface area contributed by atoms with Gasteiger partial charge in [-0.2, -0.15) is 0 Å². The molecule has 0 aliphatic heterocycles. The van der Waals surface area contributed by atoms with Crippen molar-refractivity contribution in [2.75, 3.05) is 20.2 Å². The lowest BCUT2D eigenvalue weighted by molar-refractivity contribution is -0.143. The second kappa shape index (κ2) is 7.60. The molecule has 0 aromatic heterocycles. The third-order valence-corrected chi connectivity index (χ3v) is 4.16. The molecular formula is C18H27NO2. The van der Waals surface area contributed by atoms with Crippen LogP contribution in [0, 0.1) is 5.92 Å². The number of esters is 1. The summed E-state index contributed by atoms with van der Waals surface area (Å²) in [6.45, 7) is 6.34. The van der Waals surface area contributed by atoms with Crippen LogP contribution in [0.1, 0.15) is 44.6 Å². The maximum atomic E-state index is 12.2. The smallest absolute Gasteiger partial charge is 0.314 e. The topological polar surface area (TPSA) is 29.5 Å². The Morgan fingerprint density at radius 3 is 2.48 bits per heavy atom. The Labute approximate surface area is 128 Å². The Morgan fingerprint density at radius 1 is 1.29 bits per heavy atom. The van der Waals surface area contributed by atoms with Crippen molar-refractivity contribution in [3.05, 3.63) is 35.9 Å². The molecule has 1 atom stereocenters. The molecule has 0 N–H and O–H groups in total. The van der Waals surface area contributed by atoms with Crippen molar-refractivity contribution in [2.45, 2.75) is 45.1 Å². The number of methoxy groups -OCH3 is 1. The summed E-state index contributed by atoms with van der Waals surface area (Å²) in [6, 6.07) is 10.7. The van der Waals surface area contributed by atoms with Crippen LogP contribution in [0.25, 0.3) is 0 Å². The first-order valence-electron chi connectivity index (χ1n) is 7.98. The highest BCUT2D eigenvalue weighted by molar-refractivity contribution is 5.78. The molecule has 1 aromatic carbocycles. The minimum Gasteiger partial charge on any atom is -0.469 e. The van der Waals surface area contributed by atoms with Crippen LogP contribution in [-0.2, 0) is 9.53 Å². The zero-order chi connectivity index (χ0) is 15.2. The zero-order valence-corrected chi connectivity index (χ0v) is 13.4. The summed E-state index contributed by atoms with van der Waals surface area (Å²) in [7, 11) is 1.48. The van der Waals surface area contributed by atoms with Gasteiger partial charge in [0.1, 0.15) is 0 Å². The molecule has 1 unspecified atom stereocenters. The van der Waals surface area contributed by atoms with Crippen LogP contribution in [0.5, 0.6) is 0 Å². The van der Waals surface area contributed by atoms with Gasteiger partial charge < -0.3 is 4.74 Å². The lowest BCUT2D eigenvalue weighted by atomic mass is 9.98. The first-order valence-corrected chi connectivity index (χ1v) is 7.98. The van der Waals surface area contributed by atoms with Crippen LogP contribution < -0.4 is 0 Å². The van der Waals surface area contributed by atoms with E-state index in [1.807, 2.05) is 30.3 Å². The van der Waals surface area contributed by atoms with Crippen molar-refractivity contribution in [1.29, 1.82) is 0 Å². The average Bonchev–Trinajstić information content (AvgIpc) is 3.32. The lowest BCUT2D eigenvalue weighted by Crippen LogP contribution is -2.35. The first-order chi connectivity index (χ1) is 10.1. The first kappa shape index (κ1) is 16.0. The zero-order valence-electron chi connectivity index (χ0n) is 13.4. The van der Waals surface area contributed by atoms with Crippen molar-refractivity contribution >= 4 is 5.97 Å². The van der Waals surface area contributed by atoms with E-state index in [4.69, 9.17) is 4.74 Å². The summed E-state index contributed by atoms with van der Waals surface area (Å²) < 4.78 is 5.03. The molecule has 0 heterocycles. The molecule has 1 fully saturated rings. The van der Waals surface area contributed by atoms with E-state index in [0.717, 1.165) is 18.7 Å². The quantitative estimate of drug-likeness (QED) is 0.686. The van der Waals surface area contributed by atoms with Crippen LogP contribution in [0.4, 0.5) is 0 Å². The van der Waals surface area contributed by atoms with Gasteiger partial charge in [0, 0.05) is 12.6 Å². The van der Waals surface area contributed by atoms with E-state index in [2.05, 4.69) is 18.7 Å². The number of carbonyl (C=O) groups excluding carboxylic acids is 1. The number of benzene rings is 1. The van der Waals surface area contributed by atoms with E-state index < -0.39 is 0 Å². The van der Waals surface area contributed by atoms with Gasteiger partial charge in [0.05, 0.1) is 13.0 Å². The van der Waals surface area contributed by atoms with Gasteiger partial charge in [-0.15, -0.1) is 0 Å². The maximum absolute atomic E-state index is 12.2. The van der Waals surface area contributed by atoms with Crippen molar-refractivity contribution < 1.29 is 9.53 Å². The molecule has 0 saturated heterocycles. The van der Waals surface area contributed by atoms with Crippen molar-refractivity contribution in [1.82, 2.24) is 4.90 Å². The molecule has 0 bridgehead atoms. The predicted octanol–water partition coefficient (Wildman–Crippen LogP) is 3.45. The maximum Gasteiger partial charge on any atom is 0.314 e. The van der Waals surface area contributed by atoms with Crippen molar-refractivity contribution in [2.24, 2.45) is 5.92 Å². The second-order valence-electron chi connectivity index (χ2n) is 6.40. The molecule has 1 aliphatic rings. The minimum atomic E-state index is -0.177. The molecule has 2 rings (SSSR count). The molecule has 0 spiro atoms. The number of ether oxygens (including phenoxy) is 1. The highest BCUT2D eigenvalue weighted by Gasteiger charge is 2.33. The van der Waals surface area contributed by atoms with Crippen LogP contribution in [0.2, 0.25) is 0 Å². The van der Waals surface area contributed by atoms with Gasteiger partial charge in [-0.3, -0.25) is 9.69 Å². The summed E-state index contributed by atoms with van der Waals surface area (Å²) in [5.74, 6) is 0.389. The SMILES string of the molecule is COC(=O)C(CN(CCC(C)C)C1CC1)c1ccccc1. The average molecular weight is 289 g/mol. The number of rotatable bonds is 8. The van der Waals surface area contributed by atoms with E-state index in [1.54, 1.807) is 0 Å². The summed E-state index contributed by atoms with van der Waals surface area (Å²) in [5, 5.41) is 0. The fourth-order valence-electron chi connectivity index (χ4n) is 2.66. The van der Waals surface area contributed by atoms with Gasteiger partial charge in [-0.05, 0) is 37.3 Å². The summed E-state index contributed by atoms with van der Waals surface area (Å²) in [5.41, 5.74) is 1.06. The molecule has 1 aromatic rings. The van der Waals surface area contributed by atoms with E-state index in [9.17, 15) is 4.79 Å². The fourth-order valence-corrected chi connectivity index (χ4v) is 2.66. The highest BCUT2D eigenvalue weighted by Crippen LogP contribution is 2.30. The monoisotopic (exact) mass is 289 g/mol. The van der Waals surface area contributed by atoms with E-state index in [-0.39, 0.29) is 11.9 Å². The van der Waals surface area contributed by atoms with E-state index in [1.165, 1.54) is 26.4 Å². The van der Waals surface area contributed by atoms with Crippen LogP contribution in [0.15, 0.2) is 30.3 Å². The molecule has 0 radical (unpaired) electrons. The number of carbonyl (C=O) groups is 1. The Hall–Kier alpha value is -1.35. The third kappa shape index (κ3) is 4.85. The fraction of sp³-hybridized carbons (Fsp3) is 0.611. The molecule has 1 aliphatic carbocycles. The van der Waals surface area contributed by atoms with Gasteiger partial charge in [-0.1, -0.05) is 44.2 Å². The second-order valence-corrected chi connectivity index (χ2v) is 6.40. The van der Waals surface area contributed by atoms with Crippen LogP contribution in [0.3, 0.4) is 0 Å². The molecular weight excluding hydrogens is 262 g/mol. The standard InChI is InChI=1S/C18H27NO2/c1-14(2)11-12-19(16-9-10-16)13-17(18(20)21-3)15-7-5-4-6-8-15/h4-8,14,16-17H,9-13H2,1-3H3. The molecule has 3 nitrogen and oxygen atoms in total. The predicted molar refractivity (Wildman–Crippen MR) is 85.2 cm³/mol. The summed E-state index contributed by atoms with van der Waals surface area (Å²) in [4.78, 5) is 14.7. The molecule has 1 saturated carbocycles. The highest BCUT2D eigenvalue weighted by atomic mass is 16.5. The Balaban J connectivity index is 2.07. The number of nitrogens with zero attached hydrogens (tertiary/aromatic N) is 1. The Bertz CT molecular complexity index is 440. The Morgan fingerprint density at radius 2 is 1.95 bits per heavy atom. The van der Waals surface area contributed by atoms with Crippen LogP contribution >= 0.6 is 0 Å². The lowest BCUT2D eigenvalue weighted by Gasteiger charge is -2.27. The largest absolute Gasteiger partial charge is 0.469 e. The van der Waals surface area contributed by atoms with Gasteiger partial charge in [0.2, 0.25) is 0 Å². The van der Waals surface area contributed by atoms with Gasteiger partial charge in [0.15, 0.2) is 0 Å². The molecule has 0 amide bonds. The Kier molecular flexibility index (Phi) is 5.80. The van der Waals surface area contributed by atoms with Crippen molar-refractivity contribution in [3.63, 3.8) is 0 Å². The summed E-state index contributed by atoms with van der Waals surface area (Å²) >= 11 is 0. The van der Waals surface area contributed by atoms with Crippen molar-refractivity contribution in [3.8, 4) is 0 Å².